The van der Waals surface area contributed by atoms with Gasteiger partial charge in [0.15, 0.2) is 27.8 Å². The predicted octanol–water partition coefficient (Wildman–Crippen LogP) is 16.1. The van der Waals surface area contributed by atoms with Crippen molar-refractivity contribution in [3.8, 4) is 17.1 Å². The summed E-state index contributed by atoms with van der Waals surface area (Å²) in [5.74, 6) is 2.11. The highest BCUT2D eigenvalue weighted by Crippen LogP contribution is 2.33. The van der Waals surface area contributed by atoms with E-state index in [0.29, 0.717) is 124 Å². The van der Waals surface area contributed by atoms with Gasteiger partial charge < -0.3 is 30.6 Å². The number of fused-ring (bicyclic) bond motifs is 5. The first kappa shape index (κ1) is 73.7. The van der Waals surface area contributed by atoms with Gasteiger partial charge in [0.05, 0.1) is 95.6 Å². The zero-order valence-corrected chi connectivity index (χ0v) is 61.1. The Balaban J connectivity index is 0.000000136. The first-order valence-electron chi connectivity index (χ1n) is 34.4. The van der Waals surface area contributed by atoms with Gasteiger partial charge in [-0.3, -0.25) is 37.2 Å². The van der Waals surface area contributed by atoms with Crippen LogP contribution < -0.4 is 33.0 Å². The lowest BCUT2D eigenvalue weighted by molar-refractivity contribution is -0.0299. The summed E-state index contributed by atoms with van der Waals surface area (Å²) in [5, 5.41) is 8.99. The second kappa shape index (κ2) is 33.2. The van der Waals surface area contributed by atoms with Gasteiger partial charge >= 0.3 is 6.09 Å². The maximum Gasteiger partial charge on any atom is 0.408 e. The Morgan fingerprint density at radius 1 is 0.519 bits per heavy atom. The zero-order chi connectivity index (χ0) is 73.2. The first-order valence-corrected chi connectivity index (χ1v) is 35.9. The van der Waals surface area contributed by atoms with E-state index in [2.05, 4.69) is 45.5 Å². The zero-order valence-electron chi connectivity index (χ0n) is 58.0. The molecule has 2 aliphatic rings. The van der Waals surface area contributed by atoms with Crippen molar-refractivity contribution in [2.24, 2.45) is 5.73 Å². The molecule has 0 spiro atoms. The van der Waals surface area contributed by atoms with Gasteiger partial charge in [0.1, 0.15) is 53.7 Å². The van der Waals surface area contributed by atoms with E-state index in [4.69, 9.17) is 76.3 Å². The van der Waals surface area contributed by atoms with Crippen molar-refractivity contribution in [1.82, 2.24) is 73.0 Å². The molecule has 5 atom stereocenters. The average molecular weight is 1480 g/mol. The van der Waals surface area contributed by atoms with Gasteiger partial charge in [-0.15, -0.1) is 0 Å². The Morgan fingerprint density at radius 3 is 1.36 bits per heavy atom. The van der Waals surface area contributed by atoms with Crippen LogP contribution in [0.1, 0.15) is 147 Å². The number of nitrogens with zero attached hydrogens (tertiary/aromatic N) is 14. The molecule has 24 nitrogen and oxygen atoms in total. The molecule has 28 heteroatoms. The summed E-state index contributed by atoms with van der Waals surface area (Å²) in [6.45, 7) is 12.8. The Morgan fingerprint density at radius 2 is 0.933 bits per heavy atom. The van der Waals surface area contributed by atoms with Crippen LogP contribution in [0.5, 0.6) is 0 Å². The lowest BCUT2D eigenvalue weighted by Gasteiger charge is -2.24. The summed E-state index contributed by atoms with van der Waals surface area (Å²) in [7, 11) is 0. The molecule has 536 valence electrons. The number of amides is 1. The third kappa shape index (κ3) is 16.2. The van der Waals surface area contributed by atoms with Crippen molar-refractivity contribution in [1.29, 1.82) is 0 Å². The molecule has 2 saturated heterocycles. The number of nitrogens with two attached hydrogens (primary N) is 1. The minimum absolute atomic E-state index is 0.0321. The number of hydrogen-bond donors (Lipinski definition) is 3. The molecule has 4 N–H and O–H groups in total. The average Bonchev–Trinajstić information content (AvgIpc) is 1.04. The van der Waals surface area contributed by atoms with Gasteiger partial charge in [-0.2, -0.15) is 0 Å². The van der Waals surface area contributed by atoms with Gasteiger partial charge in [-0.1, -0.05) is 140 Å². The maximum atomic E-state index is 13.8. The number of halogens is 4. The number of aromatic nitrogens is 14. The Kier molecular flexibility index (Phi) is 23.5. The number of nitrogens with one attached hydrogen (secondary N) is 2. The molecule has 0 radical (unpaired) electrons. The summed E-state index contributed by atoms with van der Waals surface area (Å²) in [5.41, 5.74) is 11.3. The number of rotatable bonds is 14. The molecule has 9 heterocycles. The van der Waals surface area contributed by atoms with Crippen molar-refractivity contribution in [2.75, 3.05) is 18.5 Å². The monoisotopic (exact) mass is 1480 g/mol. The van der Waals surface area contributed by atoms with Crippen LogP contribution in [0.25, 0.3) is 72.1 Å². The fourth-order valence-electron chi connectivity index (χ4n) is 12.4. The number of imidazole rings is 2. The number of hydrogen-bond acceptors (Lipinski definition) is 18. The lowest BCUT2D eigenvalue weighted by Crippen LogP contribution is -2.37. The SMILES string of the molecule is CC[C@H](N)c1nc2cccc(Cl)c2c(=O)n1-c1ccccc1.CC[C@H](NC(=O)OC(C)(C)C)c1nc2cccc(Cl)c2c(=O)n1-c1ccccc1.CC[C@H](Nc1ncnc2c1ncn2C1CCCCO1)c1nc2cccc(Cl)c2c(=O)n1-c1ccccc1.Clc1ncnc2c1ncn2C1CCCCO1. The summed E-state index contributed by atoms with van der Waals surface area (Å²) < 4.78 is 25.6. The van der Waals surface area contributed by atoms with Crippen LogP contribution in [-0.2, 0) is 14.2 Å². The molecule has 6 aromatic carbocycles. The van der Waals surface area contributed by atoms with Crippen LogP contribution in [-0.4, -0.2) is 92.6 Å². The molecule has 2 fully saturated rings. The highest BCUT2D eigenvalue weighted by Gasteiger charge is 2.29. The van der Waals surface area contributed by atoms with E-state index in [1.807, 2.05) is 127 Å². The Labute approximate surface area is 618 Å². The first-order chi connectivity index (χ1) is 50.4. The standard InChI is InChI=1S/C27H26ClN7O2.C22H24ClN3O3.C17H16ClN3O.C10H11ClN4O/c1-2-19(32-24-23-26(30-15-29-24)34(16-31-23)21-13-6-7-14-37-21)25-33-20-12-8-11-18(28)22(20)27(36)35(25)17-9-4-3-5-10-17;1-5-16(25-21(28)29-22(2,3)4)19-24-17-13-9-12-15(23)18(17)20(27)26(19)14-10-7-6-8-11-14;1-2-13(19)16-20-14-10-6-9-12(18)15(14)17(22)21(16)11-7-4-3-5-8-11;11-9-8-10(13-5-12-9)15(6-14-8)7-3-1-2-4-16-7/h3-5,8-12,15-16,19,21H,2,6-7,13-14H2,1H3,(H,29,30,32);6-13,16H,5H2,1-4H3,(H,25,28);3-10,13H,2,19H2,1H3;5-7H,1-4H2/t19-,21?;16-;13-;/m000./s1. The Hall–Kier alpha value is -10.1. The molecular weight excluding hydrogens is 1400 g/mol. The van der Waals surface area contributed by atoms with Gasteiger partial charge in [0.2, 0.25) is 0 Å². The van der Waals surface area contributed by atoms with Crippen molar-refractivity contribution < 1.29 is 19.0 Å². The summed E-state index contributed by atoms with van der Waals surface area (Å²) in [6, 6.07) is 42.5. The minimum atomic E-state index is -0.633. The van der Waals surface area contributed by atoms with E-state index in [0.717, 1.165) is 56.7 Å². The van der Waals surface area contributed by atoms with E-state index < -0.39 is 17.7 Å². The van der Waals surface area contributed by atoms with E-state index in [1.54, 1.807) is 91.1 Å². The molecule has 2 unspecified atom stereocenters. The number of ether oxygens (including phenoxy) is 3. The second-order valence-corrected chi connectivity index (χ2v) is 27.2. The van der Waals surface area contributed by atoms with Crippen LogP contribution in [0.15, 0.2) is 185 Å². The van der Waals surface area contributed by atoms with Crippen LogP contribution in [0.3, 0.4) is 0 Å². The second-order valence-electron chi connectivity index (χ2n) is 25.6. The molecular formula is C76H77Cl4N17O7. The number of carbonyl (C=O) groups is 1. The molecule has 13 aromatic rings. The molecule has 2 aliphatic heterocycles. The third-order valence-corrected chi connectivity index (χ3v) is 18.7. The normalized spacial score (nSPS) is 15.4. The fourth-order valence-corrected chi connectivity index (χ4v) is 13.3. The number of carbonyl (C=O) groups excluding carboxylic acids is 1. The van der Waals surface area contributed by atoms with E-state index in [-0.39, 0.29) is 41.2 Å². The van der Waals surface area contributed by atoms with Crippen LogP contribution in [0.4, 0.5) is 10.6 Å². The van der Waals surface area contributed by atoms with Crippen molar-refractivity contribution >= 4 is 113 Å². The van der Waals surface area contributed by atoms with Crippen LogP contribution >= 0.6 is 46.4 Å². The van der Waals surface area contributed by atoms with Crippen LogP contribution in [0, 0.1) is 0 Å². The lowest BCUT2D eigenvalue weighted by atomic mass is 10.1. The van der Waals surface area contributed by atoms with Crippen molar-refractivity contribution in [3.05, 3.63) is 240 Å². The van der Waals surface area contributed by atoms with Gasteiger partial charge in [0.25, 0.3) is 16.7 Å². The van der Waals surface area contributed by atoms with E-state index >= 15 is 0 Å². The van der Waals surface area contributed by atoms with Gasteiger partial charge in [0, 0.05) is 13.2 Å². The number of anilines is 1. The van der Waals surface area contributed by atoms with Crippen LogP contribution in [0.2, 0.25) is 20.2 Å². The number of benzene rings is 6. The largest absolute Gasteiger partial charge is 0.444 e. The summed E-state index contributed by atoms with van der Waals surface area (Å²) in [6.07, 6.45) is 14.1. The number of alkyl carbamates (subject to hydrolysis) is 1. The quantitative estimate of drug-likeness (QED) is 0.0853. The summed E-state index contributed by atoms with van der Waals surface area (Å²) >= 11 is 24.9. The van der Waals surface area contributed by atoms with E-state index in [1.165, 1.54) is 23.6 Å². The van der Waals surface area contributed by atoms with Gasteiger partial charge in [-0.25, -0.2) is 49.7 Å². The molecule has 7 aromatic heterocycles. The molecule has 0 saturated carbocycles. The minimum Gasteiger partial charge on any atom is -0.444 e. The van der Waals surface area contributed by atoms with Crippen molar-refractivity contribution in [3.63, 3.8) is 0 Å². The van der Waals surface area contributed by atoms with Crippen molar-refractivity contribution in [2.45, 2.75) is 136 Å². The predicted molar refractivity (Wildman–Crippen MR) is 407 cm³/mol. The third-order valence-electron chi connectivity index (χ3n) is 17.5. The maximum absolute atomic E-state index is 13.8. The Bertz CT molecular complexity index is 5370. The van der Waals surface area contributed by atoms with Gasteiger partial charge in [-0.05, 0) is 151 Å². The molecule has 0 bridgehead atoms. The summed E-state index contributed by atoms with van der Waals surface area (Å²) in [4.78, 5) is 92.7. The highest BCUT2D eigenvalue weighted by atomic mass is 35.5. The smallest absolute Gasteiger partial charge is 0.408 e. The molecule has 1 amide bonds. The fraction of sp³-hybridized carbons (Fsp3) is 0.303. The molecule has 104 heavy (non-hydrogen) atoms. The molecule has 15 rings (SSSR count). The highest BCUT2D eigenvalue weighted by molar-refractivity contribution is 6.36. The topological polar surface area (TPSA) is 287 Å². The molecule has 0 aliphatic carbocycles. The van der Waals surface area contributed by atoms with E-state index in [9.17, 15) is 19.2 Å². The number of para-hydroxylation sites is 3.